The molecule has 0 radical (unpaired) electrons. The van der Waals surface area contributed by atoms with Gasteiger partial charge < -0.3 is 14.6 Å². The third kappa shape index (κ3) is 4.85. The van der Waals surface area contributed by atoms with Gasteiger partial charge in [0.15, 0.2) is 5.13 Å². The molecule has 5 rings (SSSR count). The van der Waals surface area contributed by atoms with Crippen molar-refractivity contribution in [2.24, 2.45) is 0 Å². The number of aliphatic hydroxyl groups excluding tert-OH is 1. The number of benzene rings is 3. The average Bonchev–Trinajstić information content (AvgIpc) is 3.45. The highest BCUT2D eigenvalue weighted by atomic mass is 35.5. The van der Waals surface area contributed by atoms with E-state index >= 15 is 0 Å². The van der Waals surface area contributed by atoms with Gasteiger partial charge in [-0.25, -0.2) is 4.98 Å². The summed E-state index contributed by atoms with van der Waals surface area (Å²) in [6.45, 7) is 4.94. The maximum Gasteiger partial charge on any atom is 0.301 e. The predicted octanol–water partition coefficient (Wildman–Crippen LogP) is 6.76. The van der Waals surface area contributed by atoms with Gasteiger partial charge >= 0.3 is 5.91 Å². The Bertz CT molecular complexity index is 1550. The Kier molecular flexibility index (Phi) is 7.35. The van der Waals surface area contributed by atoms with Crippen molar-refractivity contribution in [2.45, 2.75) is 26.3 Å². The van der Waals surface area contributed by atoms with Crippen LogP contribution in [0.15, 0.2) is 72.3 Å². The van der Waals surface area contributed by atoms with Crippen LogP contribution in [0.25, 0.3) is 16.0 Å². The van der Waals surface area contributed by atoms with E-state index < -0.39 is 17.7 Å². The molecule has 38 heavy (non-hydrogen) atoms. The van der Waals surface area contributed by atoms with Crippen LogP contribution in [0.1, 0.15) is 37.4 Å². The first-order chi connectivity index (χ1) is 18.4. The summed E-state index contributed by atoms with van der Waals surface area (Å²) in [6, 6.07) is 18.3. The molecule has 0 aliphatic carbocycles. The van der Waals surface area contributed by atoms with Gasteiger partial charge in [-0.1, -0.05) is 54.1 Å². The fourth-order valence-electron chi connectivity index (χ4n) is 4.35. The first-order valence-corrected chi connectivity index (χ1v) is 13.4. The Morgan fingerprint density at radius 1 is 1.03 bits per heavy atom. The van der Waals surface area contributed by atoms with Crippen LogP contribution in [0.4, 0.5) is 5.13 Å². The van der Waals surface area contributed by atoms with Crippen molar-refractivity contribution in [1.82, 2.24) is 4.98 Å². The number of nitrogens with zero attached hydrogens (tertiary/aromatic N) is 2. The second-order valence-corrected chi connectivity index (χ2v) is 10.1. The smallest absolute Gasteiger partial charge is 0.301 e. The summed E-state index contributed by atoms with van der Waals surface area (Å²) < 4.78 is 12.1. The lowest BCUT2D eigenvalue weighted by Crippen LogP contribution is -2.29. The molecule has 1 aromatic heterocycles. The van der Waals surface area contributed by atoms with Crippen molar-refractivity contribution in [3.63, 3.8) is 0 Å². The second kappa shape index (κ2) is 10.8. The van der Waals surface area contributed by atoms with E-state index in [1.54, 1.807) is 48.5 Å². The van der Waals surface area contributed by atoms with Gasteiger partial charge in [0.1, 0.15) is 17.3 Å². The Morgan fingerprint density at radius 2 is 1.79 bits per heavy atom. The molecule has 1 aliphatic heterocycles. The molecule has 0 spiro atoms. The van der Waals surface area contributed by atoms with Crippen molar-refractivity contribution >= 4 is 55.7 Å². The van der Waals surface area contributed by atoms with Crippen LogP contribution in [0, 0.1) is 0 Å². The van der Waals surface area contributed by atoms with Gasteiger partial charge in [0, 0.05) is 10.6 Å². The lowest BCUT2D eigenvalue weighted by atomic mass is 9.95. The van der Waals surface area contributed by atoms with E-state index in [4.69, 9.17) is 21.1 Å². The molecule has 1 unspecified atom stereocenters. The van der Waals surface area contributed by atoms with Crippen molar-refractivity contribution < 1.29 is 24.2 Å². The molecule has 0 saturated carbocycles. The quantitative estimate of drug-likeness (QED) is 0.149. The number of amides is 1. The Hall–Kier alpha value is -3.88. The monoisotopic (exact) mass is 548 g/mol. The van der Waals surface area contributed by atoms with Gasteiger partial charge in [-0.05, 0) is 61.4 Å². The highest BCUT2D eigenvalue weighted by Gasteiger charge is 2.48. The van der Waals surface area contributed by atoms with Crippen LogP contribution in [0.3, 0.4) is 0 Å². The van der Waals surface area contributed by atoms with E-state index in [9.17, 15) is 14.7 Å². The van der Waals surface area contributed by atoms with Crippen molar-refractivity contribution in [2.75, 3.05) is 18.1 Å². The average molecular weight is 549 g/mol. The van der Waals surface area contributed by atoms with Crippen LogP contribution in [-0.2, 0) is 9.59 Å². The number of halogens is 1. The minimum Gasteiger partial charge on any atom is -0.507 e. The zero-order valence-electron chi connectivity index (χ0n) is 20.8. The third-order valence-corrected chi connectivity index (χ3v) is 7.35. The maximum atomic E-state index is 13.5. The van der Waals surface area contributed by atoms with Crippen molar-refractivity contribution in [1.29, 1.82) is 0 Å². The largest absolute Gasteiger partial charge is 0.507 e. The summed E-state index contributed by atoms with van der Waals surface area (Å²) in [5.41, 5.74) is 1.63. The lowest BCUT2D eigenvalue weighted by molar-refractivity contribution is -0.132. The predicted molar refractivity (Wildman–Crippen MR) is 149 cm³/mol. The molecule has 1 aliphatic rings. The number of rotatable bonds is 8. The number of carbonyl (C=O) groups is 2. The topological polar surface area (TPSA) is 89.0 Å². The molecule has 194 valence electrons. The number of carbonyl (C=O) groups excluding carboxylic acids is 2. The fraction of sp³-hybridized carbons (Fsp3) is 0.207. The number of aromatic nitrogens is 1. The van der Waals surface area contributed by atoms with Gasteiger partial charge in [0.05, 0.1) is 35.0 Å². The van der Waals surface area contributed by atoms with Crippen LogP contribution in [0.5, 0.6) is 11.5 Å². The van der Waals surface area contributed by atoms with E-state index in [-0.39, 0.29) is 11.3 Å². The first kappa shape index (κ1) is 25.8. The fourth-order valence-corrected chi connectivity index (χ4v) is 5.50. The van der Waals surface area contributed by atoms with E-state index in [2.05, 4.69) is 4.98 Å². The van der Waals surface area contributed by atoms with E-state index in [0.717, 1.165) is 11.1 Å². The SMILES string of the molecule is CCCOc1cccc(/C(O)=C2\C(=O)C(=O)N(c3nc4ccc(OCC)cc4s3)C2c2ccc(Cl)cc2)c1. The molecule has 7 nitrogen and oxygen atoms in total. The molecule has 1 atom stereocenters. The zero-order valence-corrected chi connectivity index (χ0v) is 22.4. The molecule has 2 heterocycles. The zero-order chi connectivity index (χ0) is 26.8. The number of ether oxygens (including phenoxy) is 2. The molecule has 0 bridgehead atoms. The number of hydrogen-bond donors (Lipinski definition) is 1. The highest BCUT2D eigenvalue weighted by Crippen LogP contribution is 2.45. The normalized spacial score (nSPS) is 16.8. The van der Waals surface area contributed by atoms with Gasteiger partial charge in [-0.2, -0.15) is 0 Å². The summed E-state index contributed by atoms with van der Waals surface area (Å²) in [5.74, 6) is -0.598. The van der Waals surface area contributed by atoms with E-state index in [1.807, 2.05) is 32.0 Å². The molecule has 1 fully saturated rings. The van der Waals surface area contributed by atoms with Crippen LogP contribution < -0.4 is 14.4 Å². The molecule has 4 aromatic rings. The van der Waals surface area contributed by atoms with Gasteiger partial charge in [0.25, 0.3) is 5.78 Å². The number of Topliss-reactive ketones (excluding diaryl/α,β-unsaturated/α-hetero) is 1. The standard InChI is InChI=1S/C29H25ClN2O5S/c1-3-14-37-20-7-5-6-18(15-20)26(33)24-25(17-8-10-19(30)11-9-17)32(28(35)27(24)34)29-31-22-13-12-21(36-4-2)16-23(22)38-29/h5-13,15-16,25,33H,3-4,14H2,1-2H3/b26-24+. The summed E-state index contributed by atoms with van der Waals surface area (Å²) in [4.78, 5) is 32.9. The number of hydrogen-bond acceptors (Lipinski definition) is 7. The Balaban J connectivity index is 1.65. The number of fused-ring (bicyclic) bond motifs is 1. The molecular formula is C29H25ClN2O5S. The molecule has 3 aromatic carbocycles. The summed E-state index contributed by atoms with van der Waals surface area (Å²) in [7, 11) is 0. The number of thiazole rings is 1. The molecule has 9 heteroatoms. The van der Waals surface area contributed by atoms with Gasteiger partial charge in [-0.3, -0.25) is 14.5 Å². The van der Waals surface area contributed by atoms with E-state index in [1.165, 1.54) is 16.2 Å². The minimum atomic E-state index is -0.903. The molecule has 1 N–H and O–H groups in total. The van der Waals surface area contributed by atoms with E-state index in [0.29, 0.717) is 51.5 Å². The molecule has 1 saturated heterocycles. The minimum absolute atomic E-state index is 0.0285. The van der Waals surface area contributed by atoms with Crippen LogP contribution in [-0.4, -0.2) is 35.0 Å². The highest BCUT2D eigenvalue weighted by molar-refractivity contribution is 7.22. The van der Waals surface area contributed by atoms with Crippen molar-refractivity contribution in [3.8, 4) is 11.5 Å². The maximum absolute atomic E-state index is 13.5. The van der Waals surface area contributed by atoms with Gasteiger partial charge in [0.2, 0.25) is 0 Å². The third-order valence-electron chi connectivity index (χ3n) is 6.08. The first-order valence-electron chi connectivity index (χ1n) is 12.2. The summed E-state index contributed by atoms with van der Waals surface area (Å²) in [5, 5.41) is 12.3. The second-order valence-electron chi connectivity index (χ2n) is 8.66. The van der Waals surface area contributed by atoms with Crippen LogP contribution >= 0.6 is 22.9 Å². The summed E-state index contributed by atoms with van der Waals surface area (Å²) >= 11 is 7.41. The lowest BCUT2D eigenvalue weighted by Gasteiger charge is -2.23. The molecular weight excluding hydrogens is 524 g/mol. The Labute approximate surface area is 228 Å². The van der Waals surface area contributed by atoms with Crippen molar-refractivity contribution in [3.05, 3.63) is 88.5 Å². The Morgan fingerprint density at radius 3 is 2.53 bits per heavy atom. The molecule has 1 amide bonds. The van der Waals surface area contributed by atoms with Gasteiger partial charge in [-0.15, -0.1) is 0 Å². The van der Waals surface area contributed by atoms with Crippen LogP contribution in [0.2, 0.25) is 5.02 Å². The number of ketones is 1. The number of anilines is 1. The number of aliphatic hydroxyl groups is 1. The summed E-state index contributed by atoms with van der Waals surface area (Å²) in [6.07, 6.45) is 0.826.